The zero-order chi connectivity index (χ0) is 20.8. The SMILES string of the molecule is C.CC[C@@H]1[C@H]2[C@H](C(=O)NC(C)(C)C)N3CCC[C@H]3C(=O)N[C@@H](CC(C)C)C(=O)N21. The van der Waals surface area contributed by atoms with Gasteiger partial charge in [0.05, 0.1) is 18.1 Å². The largest absolute Gasteiger partial charge is 0.350 e. The summed E-state index contributed by atoms with van der Waals surface area (Å²) in [7, 11) is 0. The summed E-state index contributed by atoms with van der Waals surface area (Å²) in [5.74, 6) is 0.0793. The first-order valence-electron chi connectivity index (χ1n) is 10.8. The lowest BCUT2D eigenvalue weighted by Gasteiger charge is -2.33. The molecule has 0 aromatic rings. The van der Waals surface area contributed by atoms with E-state index in [1.54, 1.807) is 0 Å². The van der Waals surface area contributed by atoms with Gasteiger partial charge in [0, 0.05) is 5.54 Å². The number of amides is 3. The lowest BCUT2D eigenvalue weighted by atomic mass is 10.0. The Labute approximate surface area is 175 Å². The molecular formula is C22H40N4O3. The molecule has 3 heterocycles. The first-order valence-corrected chi connectivity index (χ1v) is 10.8. The highest BCUT2D eigenvalue weighted by molar-refractivity contribution is 5.95. The summed E-state index contributed by atoms with van der Waals surface area (Å²) in [6.07, 6.45) is 3.06. The number of carbonyl (C=O) groups is 3. The first kappa shape index (κ1) is 23.6. The fourth-order valence-corrected chi connectivity index (χ4v) is 4.90. The third-order valence-corrected chi connectivity index (χ3v) is 6.02. The molecule has 5 atom stereocenters. The summed E-state index contributed by atoms with van der Waals surface area (Å²) in [6, 6.07) is -1.39. The predicted octanol–water partition coefficient (Wildman–Crippen LogP) is 1.90. The van der Waals surface area contributed by atoms with Crippen LogP contribution in [-0.4, -0.2) is 69.8 Å². The molecule has 3 aliphatic heterocycles. The second kappa shape index (κ2) is 8.62. The summed E-state index contributed by atoms with van der Waals surface area (Å²) < 4.78 is 0. The van der Waals surface area contributed by atoms with E-state index in [1.165, 1.54) is 0 Å². The number of carbonyl (C=O) groups excluding carboxylic acids is 3. The number of fused-ring (bicyclic) bond motifs is 2. The summed E-state index contributed by atoms with van der Waals surface area (Å²) in [6.45, 7) is 12.8. The quantitative estimate of drug-likeness (QED) is 0.696. The van der Waals surface area contributed by atoms with Crippen LogP contribution in [0.2, 0.25) is 0 Å². The van der Waals surface area contributed by atoms with Crippen molar-refractivity contribution in [3.05, 3.63) is 0 Å². The van der Waals surface area contributed by atoms with Gasteiger partial charge in [-0.1, -0.05) is 28.2 Å². The van der Waals surface area contributed by atoms with Crippen molar-refractivity contribution >= 4 is 17.7 Å². The van der Waals surface area contributed by atoms with E-state index >= 15 is 0 Å². The highest BCUT2D eigenvalue weighted by Gasteiger charge is 2.61. The van der Waals surface area contributed by atoms with Crippen LogP contribution in [0.25, 0.3) is 0 Å². The molecule has 0 aliphatic carbocycles. The molecule has 7 heteroatoms. The minimum absolute atomic E-state index is 0. The molecule has 0 spiro atoms. The van der Waals surface area contributed by atoms with Crippen molar-refractivity contribution in [3.63, 3.8) is 0 Å². The molecule has 3 amide bonds. The smallest absolute Gasteiger partial charge is 0.245 e. The fraction of sp³-hybridized carbons (Fsp3) is 0.864. The molecule has 3 fully saturated rings. The Kier molecular flexibility index (Phi) is 7.03. The van der Waals surface area contributed by atoms with Gasteiger partial charge in [-0.25, -0.2) is 0 Å². The minimum Gasteiger partial charge on any atom is -0.350 e. The maximum Gasteiger partial charge on any atom is 0.245 e. The van der Waals surface area contributed by atoms with Gasteiger partial charge in [0.25, 0.3) is 0 Å². The molecule has 0 aromatic heterocycles. The van der Waals surface area contributed by atoms with Crippen LogP contribution in [0.15, 0.2) is 0 Å². The Balaban J connectivity index is 0.00000300. The third-order valence-electron chi connectivity index (χ3n) is 6.02. The molecule has 0 radical (unpaired) electrons. The standard InChI is InChI=1S/C21H36N4O3.CH4/c1-7-14-16-17(19(27)23-21(4,5)6)24-10-8-9-15(24)18(26)22-13(11-12(2)3)20(28)25(14)16;/h12-17H,7-11H2,1-6H3,(H,22,26)(H,23,27);1H4/t13-,14+,15-,16-,17+,25?;/m0./s1. The van der Waals surface area contributed by atoms with E-state index in [0.717, 1.165) is 19.3 Å². The van der Waals surface area contributed by atoms with Gasteiger partial charge in [0.1, 0.15) is 12.1 Å². The number of hydrogen-bond donors (Lipinski definition) is 2. The van der Waals surface area contributed by atoms with Crippen LogP contribution in [0.4, 0.5) is 0 Å². The predicted molar refractivity (Wildman–Crippen MR) is 114 cm³/mol. The van der Waals surface area contributed by atoms with Gasteiger partial charge < -0.3 is 15.5 Å². The minimum atomic E-state index is -0.501. The van der Waals surface area contributed by atoms with Gasteiger partial charge in [-0.2, -0.15) is 0 Å². The molecule has 3 saturated heterocycles. The Bertz CT molecular complexity index is 642. The molecule has 0 bridgehead atoms. The van der Waals surface area contributed by atoms with Gasteiger partial charge in [0.2, 0.25) is 17.7 Å². The highest BCUT2D eigenvalue weighted by Crippen LogP contribution is 2.40. The van der Waals surface area contributed by atoms with Gasteiger partial charge in [-0.15, -0.1) is 0 Å². The molecule has 3 aliphatic rings. The van der Waals surface area contributed by atoms with Crippen molar-refractivity contribution in [2.45, 2.75) is 110 Å². The molecular weight excluding hydrogens is 368 g/mol. The lowest BCUT2D eigenvalue weighted by molar-refractivity contribution is -0.134. The van der Waals surface area contributed by atoms with Crippen LogP contribution in [0, 0.1) is 5.92 Å². The van der Waals surface area contributed by atoms with Crippen LogP contribution in [-0.2, 0) is 14.4 Å². The third kappa shape index (κ3) is 4.76. The maximum absolute atomic E-state index is 13.3. The average molecular weight is 409 g/mol. The van der Waals surface area contributed by atoms with Crippen molar-refractivity contribution in [2.24, 2.45) is 5.92 Å². The molecule has 29 heavy (non-hydrogen) atoms. The van der Waals surface area contributed by atoms with Gasteiger partial charge >= 0.3 is 0 Å². The number of nitrogens with one attached hydrogen (secondary N) is 2. The van der Waals surface area contributed by atoms with Gasteiger partial charge in [0.15, 0.2) is 0 Å². The van der Waals surface area contributed by atoms with E-state index in [9.17, 15) is 14.4 Å². The van der Waals surface area contributed by atoms with E-state index in [0.29, 0.717) is 18.9 Å². The zero-order valence-corrected chi connectivity index (χ0v) is 18.1. The molecule has 166 valence electrons. The van der Waals surface area contributed by atoms with Gasteiger partial charge in [-0.3, -0.25) is 19.3 Å². The monoisotopic (exact) mass is 408 g/mol. The number of nitrogens with zero attached hydrogens (tertiary/aromatic N) is 2. The van der Waals surface area contributed by atoms with Crippen molar-refractivity contribution < 1.29 is 14.4 Å². The summed E-state index contributed by atoms with van der Waals surface area (Å²) in [5, 5.41) is 6.11. The highest BCUT2D eigenvalue weighted by atomic mass is 16.2. The Morgan fingerprint density at radius 2 is 1.93 bits per heavy atom. The van der Waals surface area contributed by atoms with E-state index in [4.69, 9.17) is 0 Å². The van der Waals surface area contributed by atoms with Crippen molar-refractivity contribution in [1.29, 1.82) is 0 Å². The second-order valence-corrected chi connectivity index (χ2v) is 9.98. The molecule has 0 unspecified atom stereocenters. The normalized spacial score (nSPS) is 32.4. The Hall–Kier alpha value is -1.63. The van der Waals surface area contributed by atoms with Gasteiger partial charge in [-0.05, 0) is 58.9 Å². The van der Waals surface area contributed by atoms with Crippen molar-refractivity contribution in [2.75, 3.05) is 6.54 Å². The molecule has 0 aromatic carbocycles. The Morgan fingerprint density at radius 1 is 1.28 bits per heavy atom. The van der Waals surface area contributed by atoms with Crippen LogP contribution in [0.3, 0.4) is 0 Å². The Morgan fingerprint density at radius 3 is 2.48 bits per heavy atom. The van der Waals surface area contributed by atoms with E-state index < -0.39 is 12.1 Å². The molecule has 2 N–H and O–H groups in total. The molecule has 0 saturated carbocycles. The van der Waals surface area contributed by atoms with E-state index in [-0.39, 0.29) is 48.8 Å². The van der Waals surface area contributed by atoms with Crippen molar-refractivity contribution in [3.8, 4) is 0 Å². The zero-order valence-electron chi connectivity index (χ0n) is 18.1. The van der Waals surface area contributed by atoms with E-state index in [1.807, 2.05) is 25.7 Å². The molecule has 7 nitrogen and oxygen atoms in total. The topological polar surface area (TPSA) is 81.5 Å². The lowest BCUT2D eigenvalue weighted by Crippen LogP contribution is -2.58. The summed E-state index contributed by atoms with van der Waals surface area (Å²) in [5.41, 5.74) is -0.362. The van der Waals surface area contributed by atoms with Crippen LogP contribution < -0.4 is 10.6 Å². The van der Waals surface area contributed by atoms with Crippen molar-refractivity contribution in [1.82, 2.24) is 20.4 Å². The second-order valence-electron chi connectivity index (χ2n) is 9.98. The average Bonchev–Trinajstić information content (AvgIpc) is 3.04. The molecule has 3 rings (SSSR count). The first-order chi connectivity index (χ1) is 13.0. The van der Waals surface area contributed by atoms with Crippen LogP contribution in [0.1, 0.15) is 74.7 Å². The van der Waals surface area contributed by atoms with Crippen LogP contribution >= 0.6 is 0 Å². The maximum atomic E-state index is 13.3. The van der Waals surface area contributed by atoms with Crippen LogP contribution in [0.5, 0.6) is 0 Å². The number of rotatable bonds is 4. The van der Waals surface area contributed by atoms with E-state index in [2.05, 4.69) is 36.3 Å². The number of hydrogen-bond acceptors (Lipinski definition) is 4. The fourth-order valence-electron chi connectivity index (χ4n) is 4.90. The summed E-state index contributed by atoms with van der Waals surface area (Å²) in [4.78, 5) is 43.5. The summed E-state index contributed by atoms with van der Waals surface area (Å²) >= 11 is 0.